The number of carbonyl (C=O) groups is 4. The minimum absolute atomic E-state index is 0.0377. The van der Waals surface area contributed by atoms with E-state index < -0.39 is 18.1 Å². The molecule has 2 aliphatic heterocycles. The first kappa shape index (κ1) is 44.7. The Morgan fingerprint density at radius 2 is 1.55 bits per heavy atom. The standard InChI is InChI=1S/C43H72N4O6/c1-11-31(6)41(45(8)43(51)34(29(2)3)27-37(49)40(30(4)5)46-25-22-44-23-26-46)38(52-9)28-39(50)47-24-16-20-35(47)42(53-10)32(7)36(48)21-15-19-33-17-13-12-14-18-33/h12-14,17-18,29-32,34-35,38,40-42,44H,11,15-16,19-28H2,1-10H3/t31-,32-,34-,35-,38?,40-,41-,42+/m0/s1. The number of rotatable bonds is 22. The molecule has 53 heavy (non-hydrogen) atoms. The van der Waals surface area contributed by atoms with Crippen LogP contribution in [-0.2, 0) is 35.1 Å². The van der Waals surface area contributed by atoms with Crippen molar-refractivity contribution in [1.29, 1.82) is 0 Å². The zero-order valence-corrected chi connectivity index (χ0v) is 34.6. The normalized spacial score (nSPS) is 20.8. The fourth-order valence-corrected chi connectivity index (χ4v) is 8.84. The summed E-state index contributed by atoms with van der Waals surface area (Å²) in [5, 5.41) is 3.37. The maximum Gasteiger partial charge on any atom is 0.226 e. The van der Waals surface area contributed by atoms with Crippen LogP contribution in [0.3, 0.4) is 0 Å². The van der Waals surface area contributed by atoms with Crippen LogP contribution >= 0.6 is 0 Å². The van der Waals surface area contributed by atoms with Crippen LogP contribution in [0, 0.1) is 29.6 Å². The highest BCUT2D eigenvalue weighted by Crippen LogP contribution is 2.31. The van der Waals surface area contributed by atoms with Crippen molar-refractivity contribution in [2.24, 2.45) is 29.6 Å². The number of hydrogen-bond donors (Lipinski definition) is 1. The fraction of sp³-hybridized carbons (Fsp3) is 0.767. The van der Waals surface area contributed by atoms with Gasteiger partial charge in [0.1, 0.15) is 5.78 Å². The third kappa shape index (κ3) is 12.2. The number of carbonyl (C=O) groups excluding carboxylic acids is 4. The average molecular weight is 741 g/mol. The second-order valence-electron chi connectivity index (χ2n) is 16.4. The molecule has 10 nitrogen and oxygen atoms in total. The fourth-order valence-electron chi connectivity index (χ4n) is 8.84. The molecule has 10 heteroatoms. The van der Waals surface area contributed by atoms with E-state index in [-0.39, 0.29) is 78.0 Å². The Bertz CT molecular complexity index is 1280. The molecule has 2 saturated heterocycles. The summed E-state index contributed by atoms with van der Waals surface area (Å²) < 4.78 is 12.1. The number of nitrogens with zero attached hydrogens (tertiary/aromatic N) is 3. The highest BCUT2D eigenvalue weighted by molar-refractivity contribution is 5.90. The van der Waals surface area contributed by atoms with Crippen LogP contribution < -0.4 is 5.32 Å². The average Bonchev–Trinajstić information content (AvgIpc) is 3.63. The van der Waals surface area contributed by atoms with Gasteiger partial charge in [-0.05, 0) is 49.0 Å². The van der Waals surface area contributed by atoms with E-state index in [2.05, 4.69) is 50.0 Å². The summed E-state index contributed by atoms with van der Waals surface area (Å²) in [4.78, 5) is 61.9. The molecule has 1 N–H and O–H groups in total. The van der Waals surface area contributed by atoms with Crippen molar-refractivity contribution in [3.63, 3.8) is 0 Å². The van der Waals surface area contributed by atoms with Crippen LogP contribution in [0.4, 0.5) is 0 Å². The molecular formula is C43H72N4O6. The Hall–Kier alpha value is -2.66. The number of amides is 2. The third-order valence-corrected chi connectivity index (χ3v) is 12.1. The largest absolute Gasteiger partial charge is 0.379 e. The molecule has 3 rings (SSSR count). The molecule has 1 unspecified atom stereocenters. The number of ketones is 2. The smallest absolute Gasteiger partial charge is 0.226 e. The van der Waals surface area contributed by atoms with E-state index in [9.17, 15) is 19.2 Å². The lowest BCUT2D eigenvalue weighted by atomic mass is 9.83. The number of aryl methyl sites for hydroxylation is 1. The van der Waals surface area contributed by atoms with E-state index in [0.29, 0.717) is 13.0 Å². The number of piperazine rings is 1. The molecule has 0 saturated carbocycles. The van der Waals surface area contributed by atoms with Gasteiger partial charge in [0.05, 0.1) is 36.8 Å². The van der Waals surface area contributed by atoms with Gasteiger partial charge in [0.2, 0.25) is 11.8 Å². The third-order valence-electron chi connectivity index (χ3n) is 12.1. The maximum atomic E-state index is 14.4. The van der Waals surface area contributed by atoms with Crippen LogP contribution in [0.5, 0.6) is 0 Å². The molecule has 8 atom stereocenters. The Morgan fingerprint density at radius 3 is 2.11 bits per heavy atom. The minimum Gasteiger partial charge on any atom is -0.379 e. The van der Waals surface area contributed by atoms with Gasteiger partial charge in [-0.2, -0.15) is 0 Å². The lowest BCUT2D eigenvalue weighted by molar-refractivity contribution is -0.149. The SMILES string of the molecule is CC[C@H](C)[C@@H](C(CC(=O)N1CCC[C@H]1[C@H](OC)[C@@H](C)C(=O)CCCc1ccccc1)OC)N(C)C(=O)[C@@H](CC(=O)[C@H](C(C)C)N1CCNCC1)C(C)C. The van der Waals surface area contributed by atoms with Crippen molar-refractivity contribution in [3.05, 3.63) is 35.9 Å². The highest BCUT2D eigenvalue weighted by Gasteiger charge is 2.43. The van der Waals surface area contributed by atoms with Gasteiger partial charge in [-0.1, -0.05) is 85.2 Å². The molecular weight excluding hydrogens is 668 g/mol. The van der Waals surface area contributed by atoms with E-state index in [0.717, 1.165) is 58.3 Å². The molecule has 0 aliphatic carbocycles. The van der Waals surface area contributed by atoms with Gasteiger partial charge in [-0.25, -0.2) is 0 Å². The highest BCUT2D eigenvalue weighted by atomic mass is 16.5. The zero-order valence-electron chi connectivity index (χ0n) is 34.6. The van der Waals surface area contributed by atoms with Gasteiger partial charge in [0.15, 0.2) is 5.78 Å². The lowest BCUT2D eigenvalue weighted by Gasteiger charge is -2.41. The number of nitrogens with one attached hydrogen (secondary N) is 1. The molecule has 2 fully saturated rings. The summed E-state index contributed by atoms with van der Waals surface area (Å²) in [6.07, 6.45) is 3.85. The number of methoxy groups -OCH3 is 2. The maximum absolute atomic E-state index is 14.4. The van der Waals surface area contributed by atoms with Gasteiger partial charge in [0, 0.05) is 78.7 Å². The number of likely N-dealkylation sites (N-methyl/N-ethyl adjacent to an activating group) is 1. The van der Waals surface area contributed by atoms with Crippen LogP contribution in [0.15, 0.2) is 30.3 Å². The first-order valence-corrected chi connectivity index (χ1v) is 20.4. The number of likely N-dealkylation sites (tertiary alicyclic amines) is 1. The predicted molar refractivity (Wildman–Crippen MR) is 212 cm³/mol. The molecule has 0 spiro atoms. The first-order valence-electron chi connectivity index (χ1n) is 20.4. The van der Waals surface area contributed by atoms with Crippen molar-refractivity contribution >= 4 is 23.4 Å². The molecule has 300 valence electrons. The number of hydrogen-bond acceptors (Lipinski definition) is 8. The van der Waals surface area contributed by atoms with Gasteiger partial charge >= 0.3 is 0 Å². The van der Waals surface area contributed by atoms with Crippen molar-refractivity contribution in [1.82, 2.24) is 20.0 Å². The van der Waals surface area contributed by atoms with Crippen LogP contribution in [0.25, 0.3) is 0 Å². The number of ether oxygens (including phenoxy) is 2. The van der Waals surface area contributed by atoms with Gasteiger partial charge in [-0.3, -0.25) is 24.1 Å². The van der Waals surface area contributed by atoms with Crippen molar-refractivity contribution < 1.29 is 28.7 Å². The van der Waals surface area contributed by atoms with Gasteiger partial charge in [0.25, 0.3) is 0 Å². The van der Waals surface area contributed by atoms with E-state index >= 15 is 0 Å². The van der Waals surface area contributed by atoms with Crippen LogP contribution in [-0.4, -0.2) is 122 Å². The van der Waals surface area contributed by atoms with Crippen molar-refractivity contribution in [2.45, 2.75) is 130 Å². The lowest BCUT2D eigenvalue weighted by Crippen LogP contribution is -2.55. The Balaban J connectivity index is 1.73. The summed E-state index contributed by atoms with van der Waals surface area (Å²) in [6.45, 7) is 18.3. The number of Topliss-reactive ketones (excluding diaryl/α,β-unsaturated/α-hetero) is 2. The van der Waals surface area contributed by atoms with Gasteiger partial charge < -0.3 is 24.6 Å². The van der Waals surface area contributed by atoms with E-state index in [1.54, 1.807) is 19.1 Å². The summed E-state index contributed by atoms with van der Waals surface area (Å²) >= 11 is 0. The van der Waals surface area contributed by atoms with Crippen LogP contribution in [0.1, 0.15) is 99.0 Å². The molecule has 0 aromatic heterocycles. The Kier molecular flexibility index (Phi) is 18.6. The zero-order chi connectivity index (χ0) is 39.2. The summed E-state index contributed by atoms with van der Waals surface area (Å²) in [5.74, 6) is -0.517. The summed E-state index contributed by atoms with van der Waals surface area (Å²) in [5.41, 5.74) is 1.22. The minimum atomic E-state index is -0.543. The molecule has 0 bridgehead atoms. The molecule has 2 heterocycles. The van der Waals surface area contributed by atoms with Crippen molar-refractivity contribution in [3.8, 4) is 0 Å². The Morgan fingerprint density at radius 1 is 0.887 bits per heavy atom. The van der Waals surface area contributed by atoms with Crippen LogP contribution in [0.2, 0.25) is 0 Å². The molecule has 2 amide bonds. The Labute approximate surface area is 321 Å². The molecule has 0 radical (unpaired) electrons. The quantitative estimate of drug-likeness (QED) is 0.162. The summed E-state index contributed by atoms with van der Waals surface area (Å²) in [6, 6.07) is 9.41. The predicted octanol–water partition coefficient (Wildman–Crippen LogP) is 5.66. The monoisotopic (exact) mass is 741 g/mol. The molecule has 1 aromatic carbocycles. The van der Waals surface area contributed by atoms with Gasteiger partial charge in [-0.15, -0.1) is 0 Å². The second-order valence-corrected chi connectivity index (χ2v) is 16.4. The second kappa shape index (κ2) is 22.0. The topological polar surface area (TPSA) is 108 Å². The van der Waals surface area contributed by atoms with E-state index in [1.807, 2.05) is 50.9 Å². The molecule has 2 aliphatic rings. The first-order chi connectivity index (χ1) is 25.3. The number of benzene rings is 1. The summed E-state index contributed by atoms with van der Waals surface area (Å²) in [7, 11) is 5.07. The van der Waals surface area contributed by atoms with E-state index in [4.69, 9.17) is 9.47 Å². The van der Waals surface area contributed by atoms with Crippen molar-refractivity contribution in [2.75, 3.05) is 54.0 Å². The van der Waals surface area contributed by atoms with E-state index in [1.165, 1.54) is 5.56 Å². The molecule has 1 aromatic rings.